The molecular weight excluding hydrogens is 329 g/mol. The van der Waals surface area contributed by atoms with Gasteiger partial charge in [0.2, 0.25) is 0 Å². The van der Waals surface area contributed by atoms with Crippen LogP contribution in [-0.4, -0.2) is 17.6 Å². The van der Waals surface area contributed by atoms with Gasteiger partial charge in [-0.3, -0.25) is 4.79 Å². The van der Waals surface area contributed by atoms with E-state index in [1.165, 1.54) is 37.5 Å². The number of benzene rings is 1. The van der Waals surface area contributed by atoms with Crippen LogP contribution >= 0.6 is 11.6 Å². The molecule has 0 radical (unpaired) electrons. The predicted molar refractivity (Wildman–Crippen MR) is 90.5 cm³/mol. The first kappa shape index (κ1) is 16.2. The maximum absolute atomic E-state index is 13.1. The quantitative estimate of drug-likeness (QED) is 0.876. The van der Waals surface area contributed by atoms with E-state index in [2.05, 4.69) is 5.32 Å². The van der Waals surface area contributed by atoms with Crippen molar-refractivity contribution >= 4 is 17.5 Å². The fourth-order valence-corrected chi connectivity index (χ4v) is 5.65. The number of amides is 1. The number of ether oxygens (including phenoxy) is 1. The summed E-state index contributed by atoms with van der Waals surface area (Å²) in [5.74, 6) is 2.15. The SMILES string of the molecule is CC(Oc1ccc(F)cc1Cl)C(=O)NC12CC3CC(CC(C3)C1)C2. The first-order valence-corrected chi connectivity index (χ1v) is 9.24. The molecule has 5 rings (SSSR count). The fourth-order valence-electron chi connectivity index (χ4n) is 5.44. The summed E-state index contributed by atoms with van der Waals surface area (Å²) in [5, 5.41) is 3.48. The Morgan fingerprint density at radius 2 is 1.83 bits per heavy atom. The molecule has 4 fully saturated rings. The summed E-state index contributed by atoms with van der Waals surface area (Å²) in [6.45, 7) is 1.72. The van der Waals surface area contributed by atoms with Crippen molar-refractivity contribution in [2.24, 2.45) is 17.8 Å². The van der Waals surface area contributed by atoms with Gasteiger partial charge < -0.3 is 10.1 Å². The Morgan fingerprint density at radius 3 is 2.38 bits per heavy atom. The maximum Gasteiger partial charge on any atom is 0.261 e. The van der Waals surface area contributed by atoms with Gasteiger partial charge in [-0.1, -0.05) is 11.6 Å². The minimum atomic E-state index is -0.652. The van der Waals surface area contributed by atoms with Crippen molar-refractivity contribution in [1.29, 1.82) is 0 Å². The third kappa shape index (κ3) is 3.01. The Bertz CT molecular complexity index is 627. The summed E-state index contributed by atoms with van der Waals surface area (Å²) < 4.78 is 18.8. The lowest BCUT2D eigenvalue weighted by Gasteiger charge is -2.57. The molecule has 4 aliphatic rings. The predicted octanol–water partition coefficient (Wildman–Crippen LogP) is 4.33. The molecule has 0 heterocycles. The van der Waals surface area contributed by atoms with Crippen LogP contribution in [0.2, 0.25) is 5.02 Å². The zero-order valence-electron chi connectivity index (χ0n) is 13.9. The van der Waals surface area contributed by atoms with Crippen LogP contribution in [0.25, 0.3) is 0 Å². The van der Waals surface area contributed by atoms with Crippen LogP contribution in [0.4, 0.5) is 4.39 Å². The Kier molecular flexibility index (Phi) is 3.98. The maximum atomic E-state index is 13.1. The second-order valence-corrected chi connectivity index (χ2v) is 8.43. The van der Waals surface area contributed by atoms with Gasteiger partial charge in [-0.15, -0.1) is 0 Å². The van der Waals surface area contributed by atoms with Crippen molar-refractivity contribution in [3.05, 3.63) is 29.0 Å². The molecule has 0 saturated heterocycles. The van der Waals surface area contributed by atoms with E-state index in [1.807, 2.05) is 0 Å². The third-order valence-corrected chi connectivity index (χ3v) is 6.29. The topological polar surface area (TPSA) is 38.3 Å². The zero-order valence-corrected chi connectivity index (χ0v) is 14.6. The third-order valence-electron chi connectivity index (χ3n) is 5.99. The Morgan fingerprint density at radius 1 is 1.25 bits per heavy atom. The minimum Gasteiger partial charge on any atom is -0.479 e. The van der Waals surface area contributed by atoms with Crippen LogP contribution in [0.15, 0.2) is 18.2 Å². The highest BCUT2D eigenvalue weighted by molar-refractivity contribution is 6.32. The van der Waals surface area contributed by atoms with Gasteiger partial charge in [0.25, 0.3) is 5.91 Å². The average molecular weight is 352 g/mol. The molecule has 24 heavy (non-hydrogen) atoms. The normalized spacial score (nSPS) is 34.9. The highest BCUT2D eigenvalue weighted by Crippen LogP contribution is 2.55. The molecule has 0 aliphatic heterocycles. The molecule has 1 amide bonds. The van der Waals surface area contributed by atoms with Crippen molar-refractivity contribution in [2.75, 3.05) is 0 Å². The molecule has 1 unspecified atom stereocenters. The first-order valence-electron chi connectivity index (χ1n) is 8.86. The van der Waals surface area contributed by atoms with Gasteiger partial charge >= 0.3 is 0 Å². The second kappa shape index (κ2) is 5.91. The molecule has 0 spiro atoms. The molecule has 4 saturated carbocycles. The summed E-state index contributed by atoms with van der Waals surface area (Å²) in [6.07, 6.45) is 6.68. The number of hydrogen-bond donors (Lipinski definition) is 1. The lowest BCUT2D eigenvalue weighted by Crippen LogP contribution is -2.61. The summed E-state index contributed by atoms with van der Waals surface area (Å²) in [5.41, 5.74) is -0.0317. The summed E-state index contributed by atoms with van der Waals surface area (Å²) >= 11 is 5.98. The monoisotopic (exact) mass is 351 g/mol. The van der Waals surface area contributed by atoms with Gasteiger partial charge in [0, 0.05) is 5.54 Å². The van der Waals surface area contributed by atoms with Crippen molar-refractivity contribution in [3.63, 3.8) is 0 Å². The van der Waals surface area contributed by atoms with E-state index in [9.17, 15) is 9.18 Å². The fraction of sp³-hybridized carbons (Fsp3) is 0.632. The summed E-state index contributed by atoms with van der Waals surface area (Å²) in [7, 11) is 0. The number of rotatable bonds is 4. The van der Waals surface area contributed by atoms with E-state index < -0.39 is 11.9 Å². The standard InChI is InChI=1S/C19H23ClFNO2/c1-11(24-17-3-2-15(21)7-16(17)20)18(23)22-19-8-12-4-13(9-19)6-14(5-12)10-19/h2-3,7,11-14H,4-6,8-10H2,1H3,(H,22,23). The molecule has 3 nitrogen and oxygen atoms in total. The second-order valence-electron chi connectivity index (χ2n) is 8.02. The number of carbonyl (C=O) groups is 1. The minimum absolute atomic E-state index is 0.0317. The van der Waals surface area contributed by atoms with Crippen LogP contribution in [0, 0.1) is 23.6 Å². The lowest BCUT2D eigenvalue weighted by molar-refractivity contribution is -0.133. The molecule has 4 bridgehead atoms. The number of carbonyl (C=O) groups excluding carboxylic acids is 1. The number of hydrogen-bond acceptors (Lipinski definition) is 2. The highest BCUT2D eigenvalue weighted by atomic mass is 35.5. The van der Waals surface area contributed by atoms with E-state index in [4.69, 9.17) is 16.3 Å². The Hall–Kier alpha value is -1.29. The molecule has 5 heteroatoms. The van der Waals surface area contributed by atoms with E-state index in [0.29, 0.717) is 5.75 Å². The van der Waals surface area contributed by atoms with Gasteiger partial charge in [0.05, 0.1) is 5.02 Å². The Labute approximate surface area is 146 Å². The molecule has 1 aromatic carbocycles. The molecule has 1 atom stereocenters. The molecule has 1 N–H and O–H groups in total. The van der Waals surface area contributed by atoms with E-state index in [-0.39, 0.29) is 16.5 Å². The lowest BCUT2D eigenvalue weighted by atomic mass is 9.53. The van der Waals surface area contributed by atoms with E-state index >= 15 is 0 Å². The summed E-state index contributed by atoms with van der Waals surface area (Å²) in [6, 6.07) is 3.94. The average Bonchev–Trinajstić information content (AvgIpc) is 2.48. The summed E-state index contributed by atoms with van der Waals surface area (Å²) in [4.78, 5) is 12.7. The molecule has 4 aliphatic carbocycles. The van der Waals surface area contributed by atoms with Crippen molar-refractivity contribution in [1.82, 2.24) is 5.32 Å². The van der Waals surface area contributed by atoms with Crippen molar-refractivity contribution in [2.45, 2.75) is 57.1 Å². The van der Waals surface area contributed by atoms with Crippen molar-refractivity contribution in [3.8, 4) is 5.75 Å². The Balaban J connectivity index is 1.42. The largest absolute Gasteiger partial charge is 0.479 e. The molecular formula is C19H23ClFNO2. The molecule has 130 valence electrons. The van der Waals surface area contributed by atoms with E-state index in [1.54, 1.807) is 6.92 Å². The number of halogens is 2. The van der Waals surface area contributed by atoms with Crippen LogP contribution in [0.5, 0.6) is 5.75 Å². The highest BCUT2D eigenvalue weighted by Gasteiger charge is 2.51. The van der Waals surface area contributed by atoms with Gasteiger partial charge in [-0.2, -0.15) is 0 Å². The van der Waals surface area contributed by atoms with Gasteiger partial charge in [-0.25, -0.2) is 4.39 Å². The van der Waals surface area contributed by atoms with Gasteiger partial charge in [-0.05, 0) is 81.4 Å². The number of nitrogens with one attached hydrogen (secondary N) is 1. The van der Waals surface area contributed by atoms with E-state index in [0.717, 1.165) is 37.0 Å². The van der Waals surface area contributed by atoms with Crippen molar-refractivity contribution < 1.29 is 13.9 Å². The first-order chi connectivity index (χ1) is 11.4. The molecule has 1 aromatic rings. The molecule has 0 aromatic heterocycles. The van der Waals surface area contributed by atoms with Gasteiger partial charge in [0.1, 0.15) is 11.6 Å². The zero-order chi connectivity index (χ0) is 16.9. The van der Waals surface area contributed by atoms with Crippen LogP contribution in [0.1, 0.15) is 45.4 Å². The van der Waals surface area contributed by atoms with Crippen LogP contribution in [-0.2, 0) is 4.79 Å². The smallest absolute Gasteiger partial charge is 0.261 e. The van der Waals surface area contributed by atoms with Crippen LogP contribution in [0.3, 0.4) is 0 Å². The van der Waals surface area contributed by atoms with Gasteiger partial charge in [0.15, 0.2) is 6.10 Å². The van der Waals surface area contributed by atoms with Crippen LogP contribution < -0.4 is 10.1 Å².